The predicted octanol–water partition coefficient (Wildman–Crippen LogP) is 4.31. The van der Waals surface area contributed by atoms with Crippen LogP contribution in [0.1, 0.15) is 23.0 Å². The lowest BCUT2D eigenvalue weighted by molar-refractivity contribution is -0.124. The molecule has 29 heavy (non-hydrogen) atoms. The molecule has 1 aliphatic heterocycles. The molecular weight excluding hydrogens is 391 g/mol. The molecule has 0 spiro atoms. The topological polar surface area (TPSA) is 62.6 Å². The Balaban J connectivity index is 1.49. The molecule has 148 valence electrons. The number of nitrogens with one attached hydrogen (secondary N) is 1. The zero-order valence-electron chi connectivity index (χ0n) is 15.5. The van der Waals surface area contributed by atoms with E-state index in [1.165, 1.54) is 17.0 Å². The van der Waals surface area contributed by atoms with E-state index in [1.807, 2.05) is 30.3 Å². The molecule has 0 radical (unpaired) electrons. The molecule has 2 heterocycles. The Kier molecular flexibility index (Phi) is 5.67. The number of thioether (sulfide) groups is 1. The zero-order chi connectivity index (χ0) is 20.2. The average Bonchev–Trinajstić information content (AvgIpc) is 3.22. The standard InChI is InChI=1S/C22H19FN2O3S/c23-16-9-7-15(8-10-16)13-24-21(26)14-25-17-4-1-2-6-19(17)29-20(12-22(25)27)18-5-3-11-28-18/h1-11,20H,12-14H2,(H,24,26)/t20-/m0/s1. The lowest BCUT2D eigenvalue weighted by atomic mass is 10.2. The van der Waals surface area contributed by atoms with Gasteiger partial charge in [0.25, 0.3) is 0 Å². The van der Waals surface area contributed by atoms with Crippen LogP contribution in [-0.2, 0) is 16.1 Å². The van der Waals surface area contributed by atoms with E-state index < -0.39 is 0 Å². The second kappa shape index (κ2) is 8.53. The monoisotopic (exact) mass is 410 g/mol. The lowest BCUT2D eigenvalue weighted by Crippen LogP contribution is -2.40. The number of halogens is 1. The van der Waals surface area contributed by atoms with E-state index >= 15 is 0 Å². The molecule has 1 aliphatic rings. The highest BCUT2D eigenvalue weighted by Crippen LogP contribution is 2.45. The summed E-state index contributed by atoms with van der Waals surface area (Å²) < 4.78 is 18.5. The number of anilines is 1. The van der Waals surface area contributed by atoms with Crippen molar-refractivity contribution in [2.45, 2.75) is 23.1 Å². The number of amides is 2. The van der Waals surface area contributed by atoms with E-state index in [2.05, 4.69) is 5.32 Å². The van der Waals surface area contributed by atoms with Crippen LogP contribution >= 0.6 is 11.8 Å². The van der Waals surface area contributed by atoms with E-state index in [-0.39, 0.29) is 42.4 Å². The summed E-state index contributed by atoms with van der Waals surface area (Å²) in [5, 5.41) is 2.65. The first-order chi connectivity index (χ1) is 14.1. The number of furan rings is 1. The molecule has 0 saturated heterocycles. The number of nitrogens with zero attached hydrogens (tertiary/aromatic N) is 1. The third-order valence-electron chi connectivity index (χ3n) is 4.65. The van der Waals surface area contributed by atoms with Gasteiger partial charge in [-0.25, -0.2) is 4.39 Å². The van der Waals surface area contributed by atoms with Crippen LogP contribution in [0.4, 0.5) is 10.1 Å². The first kappa shape index (κ1) is 19.3. The van der Waals surface area contributed by atoms with Crippen molar-refractivity contribution >= 4 is 29.3 Å². The average molecular weight is 410 g/mol. The maximum absolute atomic E-state index is 13.0. The summed E-state index contributed by atoms with van der Waals surface area (Å²) in [4.78, 5) is 27.9. The number of carbonyl (C=O) groups excluding carboxylic acids is 2. The Morgan fingerprint density at radius 2 is 1.93 bits per heavy atom. The molecule has 0 unspecified atom stereocenters. The van der Waals surface area contributed by atoms with Gasteiger partial charge in [0.1, 0.15) is 18.1 Å². The number of para-hydroxylation sites is 1. The van der Waals surface area contributed by atoms with Crippen LogP contribution in [0.15, 0.2) is 76.2 Å². The maximum atomic E-state index is 13.0. The number of hydrogen-bond acceptors (Lipinski definition) is 4. The maximum Gasteiger partial charge on any atom is 0.240 e. The fraction of sp³-hybridized carbons (Fsp3) is 0.182. The van der Waals surface area contributed by atoms with Crippen molar-refractivity contribution in [3.8, 4) is 0 Å². The van der Waals surface area contributed by atoms with Gasteiger partial charge in [-0.2, -0.15) is 0 Å². The minimum atomic E-state index is -0.324. The van der Waals surface area contributed by atoms with Crippen LogP contribution in [0.25, 0.3) is 0 Å². The fourth-order valence-electron chi connectivity index (χ4n) is 3.19. The Morgan fingerprint density at radius 3 is 2.69 bits per heavy atom. The summed E-state index contributed by atoms with van der Waals surface area (Å²) >= 11 is 1.56. The molecule has 3 aromatic rings. The van der Waals surface area contributed by atoms with Crippen LogP contribution in [0.5, 0.6) is 0 Å². The van der Waals surface area contributed by atoms with Crippen molar-refractivity contribution in [3.63, 3.8) is 0 Å². The predicted molar refractivity (Wildman–Crippen MR) is 109 cm³/mol. The van der Waals surface area contributed by atoms with Crippen molar-refractivity contribution in [3.05, 3.63) is 84.1 Å². The van der Waals surface area contributed by atoms with Crippen LogP contribution in [0, 0.1) is 5.82 Å². The van der Waals surface area contributed by atoms with E-state index in [0.29, 0.717) is 5.69 Å². The normalized spacial score (nSPS) is 16.2. The number of carbonyl (C=O) groups is 2. The first-order valence-electron chi connectivity index (χ1n) is 9.21. The molecule has 2 aromatic carbocycles. The molecule has 0 saturated carbocycles. The Hall–Kier alpha value is -3.06. The van der Waals surface area contributed by atoms with Gasteiger partial charge in [-0.3, -0.25) is 9.59 Å². The van der Waals surface area contributed by atoms with Gasteiger partial charge < -0.3 is 14.6 Å². The van der Waals surface area contributed by atoms with Crippen LogP contribution in [0.3, 0.4) is 0 Å². The molecule has 4 rings (SSSR count). The molecule has 1 aromatic heterocycles. The highest BCUT2D eigenvalue weighted by atomic mass is 32.2. The smallest absolute Gasteiger partial charge is 0.240 e. The highest BCUT2D eigenvalue weighted by Gasteiger charge is 2.31. The van der Waals surface area contributed by atoms with Gasteiger partial charge in [0.15, 0.2) is 0 Å². The van der Waals surface area contributed by atoms with Gasteiger partial charge in [-0.15, -0.1) is 11.8 Å². The highest BCUT2D eigenvalue weighted by molar-refractivity contribution is 7.99. The van der Waals surface area contributed by atoms with Crippen molar-refractivity contribution in [2.24, 2.45) is 0 Å². The second-order valence-electron chi connectivity index (χ2n) is 6.68. The summed E-state index contributed by atoms with van der Waals surface area (Å²) in [5.41, 5.74) is 1.50. The van der Waals surface area contributed by atoms with Crippen LogP contribution in [-0.4, -0.2) is 18.4 Å². The van der Waals surface area contributed by atoms with Gasteiger partial charge in [0.2, 0.25) is 11.8 Å². The molecule has 5 nitrogen and oxygen atoms in total. The number of hydrogen-bond donors (Lipinski definition) is 1. The summed E-state index contributed by atoms with van der Waals surface area (Å²) in [6.07, 6.45) is 1.83. The molecule has 0 bridgehead atoms. The summed E-state index contributed by atoms with van der Waals surface area (Å²) in [6, 6.07) is 17.1. The van der Waals surface area contributed by atoms with E-state index in [4.69, 9.17) is 4.42 Å². The van der Waals surface area contributed by atoms with Crippen LogP contribution < -0.4 is 10.2 Å². The van der Waals surface area contributed by atoms with Crippen molar-refractivity contribution in [1.82, 2.24) is 5.32 Å². The zero-order valence-corrected chi connectivity index (χ0v) is 16.3. The largest absolute Gasteiger partial charge is 0.468 e. The van der Waals surface area contributed by atoms with Crippen molar-refractivity contribution in [1.29, 1.82) is 0 Å². The molecule has 7 heteroatoms. The van der Waals surface area contributed by atoms with E-state index in [1.54, 1.807) is 36.2 Å². The third-order valence-corrected chi connectivity index (χ3v) is 5.93. The third kappa shape index (κ3) is 4.51. The SMILES string of the molecule is O=C(CN1C(=O)C[C@@H](c2ccco2)Sc2ccccc21)NCc1ccc(F)cc1. The van der Waals surface area contributed by atoms with Gasteiger partial charge in [0, 0.05) is 17.9 Å². The Morgan fingerprint density at radius 1 is 1.14 bits per heavy atom. The lowest BCUT2D eigenvalue weighted by Gasteiger charge is -2.22. The van der Waals surface area contributed by atoms with E-state index in [0.717, 1.165) is 16.2 Å². The number of benzene rings is 2. The summed E-state index contributed by atoms with van der Waals surface area (Å²) in [5.74, 6) is -0.00377. The minimum Gasteiger partial charge on any atom is -0.468 e. The Bertz CT molecular complexity index is 1010. The second-order valence-corrected chi connectivity index (χ2v) is 7.92. The van der Waals surface area contributed by atoms with Gasteiger partial charge in [-0.05, 0) is 42.0 Å². The fourth-order valence-corrected chi connectivity index (χ4v) is 4.43. The quantitative estimate of drug-likeness (QED) is 0.681. The molecule has 1 atom stereocenters. The molecular formula is C22H19FN2O3S. The Labute approximate surface area is 171 Å². The molecule has 2 amide bonds. The molecule has 1 N–H and O–H groups in total. The van der Waals surface area contributed by atoms with Crippen molar-refractivity contribution in [2.75, 3.05) is 11.4 Å². The molecule has 0 aliphatic carbocycles. The number of rotatable bonds is 5. The van der Waals surface area contributed by atoms with Gasteiger partial charge in [-0.1, -0.05) is 24.3 Å². The summed E-state index contributed by atoms with van der Waals surface area (Å²) in [7, 11) is 0. The first-order valence-corrected chi connectivity index (χ1v) is 10.1. The van der Waals surface area contributed by atoms with Crippen LogP contribution in [0.2, 0.25) is 0 Å². The van der Waals surface area contributed by atoms with Gasteiger partial charge >= 0.3 is 0 Å². The minimum absolute atomic E-state index is 0.0809. The number of fused-ring (bicyclic) bond motifs is 1. The molecule has 0 fully saturated rings. The van der Waals surface area contributed by atoms with Gasteiger partial charge in [0.05, 0.1) is 17.2 Å². The summed E-state index contributed by atoms with van der Waals surface area (Å²) in [6.45, 7) is 0.190. The van der Waals surface area contributed by atoms with Crippen molar-refractivity contribution < 1.29 is 18.4 Å². The van der Waals surface area contributed by atoms with E-state index in [9.17, 15) is 14.0 Å².